The number of hydrogen-bond donors (Lipinski definition) is 3. The summed E-state index contributed by atoms with van der Waals surface area (Å²) in [6, 6.07) is 29.4. The molecule has 2 unspecified atom stereocenters. The number of thioether (sulfide) groups is 1. The fraction of sp³-hybridized carbons (Fsp3) is 0.269. The highest BCUT2D eigenvalue weighted by atomic mass is 32.2. The third-order valence-corrected chi connectivity index (χ3v) is 9.98. The van der Waals surface area contributed by atoms with Gasteiger partial charge in [-0.15, -0.1) is 11.8 Å². The summed E-state index contributed by atoms with van der Waals surface area (Å²) in [5.41, 5.74) is 2.11. The van der Waals surface area contributed by atoms with Crippen LogP contribution >= 0.6 is 19.4 Å². The van der Waals surface area contributed by atoms with Crippen LogP contribution in [0.4, 0.5) is 0 Å². The van der Waals surface area contributed by atoms with Crippen LogP contribution in [0.15, 0.2) is 91.0 Å². The topological polar surface area (TPSA) is 89.9 Å². The lowest BCUT2D eigenvalue weighted by Crippen LogP contribution is -2.71. The van der Waals surface area contributed by atoms with Crippen molar-refractivity contribution in [2.24, 2.45) is 0 Å². The molecule has 34 heavy (non-hydrogen) atoms. The maximum atomic E-state index is 13.5. The second-order valence-corrected chi connectivity index (χ2v) is 12.7. The fourth-order valence-electron chi connectivity index (χ4n) is 5.33. The molecule has 0 radical (unpaired) electrons. The predicted octanol–water partition coefficient (Wildman–Crippen LogP) is 4.13. The number of fused-ring (bicyclic) bond motifs is 1. The molecule has 176 valence electrons. The summed E-state index contributed by atoms with van der Waals surface area (Å²) < 4.78 is 11.5. The maximum Gasteiger partial charge on any atom is 0.349 e. The van der Waals surface area contributed by atoms with Gasteiger partial charge in [0, 0.05) is 4.75 Å². The molecule has 2 aliphatic heterocycles. The number of carbonyl (C=O) groups is 1. The van der Waals surface area contributed by atoms with E-state index in [1.54, 1.807) is 13.8 Å². The second-order valence-electron chi connectivity index (χ2n) is 9.29. The molecule has 3 aromatic rings. The van der Waals surface area contributed by atoms with Crippen molar-refractivity contribution < 1.29 is 19.1 Å². The maximum absolute atomic E-state index is 13.5. The van der Waals surface area contributed by atoms with Crippen LogP contribution < -0.4 is 5.32 Å². The van der Waals surface area contributed by atoms with Gasteiger partial charge in [-0.2, -0.15) is 0 Å². The van der Waals surface area contributed by atoms with Crippen LogP contribution in [0.3, 0.4) is 0 Å². The lowest BCUT2D eigenvalue weighted by Gasteiger charge is -2.49. The standard InChI is InChI=1S/C26H27N2O4PS/c1-25(2)24(33(30,31)32)28-22(29)21(23(28)34-25)27-26(18-12-6-3-7-13-18,19-14-8-4-9-15-19)20-16-10-5-11-17-20/h3-17,21,23-24,27H,1-2H3,(H2,30,31,32)/t21?,23-,24?/m1/s1. The van der Waals surface area contributed by atoms with Crippen molar-refractivity contribution in [3.63, 3.8) is 0 Å². The smallest absolute Gasteiger partial charge is 0.323 e. The number of nitrogens with zero attached hydrogens (tertiary/aromatic N) is 1. The summed E-state index contributed by atoms with van der Waals surface area (Å²) >= 11 is 1.44. The lowest BCUT2D eigenvalue weighted by molar-refractivity contribution is -0.147. The molecule has 5 rings (SSSR count). The average Bonchev–Trinajstić information content (AvgIpc) is 3.10. The van der Waals surface area contributed by atoms with E-state index in [4.69, 9.17) is 0 Å². The van der Waals surface area contributed by atoms with Crippen LogP contribution in [0.25, 0.3) is 0 Å². The number of carbonyl (C=O) groups excluding carboxylic acids is 1. The molecule has 2 fully saturated rings. The number of amides is 1. The highest BCUT2D eigenvalue weighted by molar-refractivity contribution is 8.02. The van der Waals surface area contributed by atoms with Crippen molar-refractivity contribution in [1.82, 2.24) is 10.2 Å². The second kappa shape index (κ2) is 8.36. The van der Waals surface area contributed by atoms with Gasteiger partial charge in [-0.25, -0.2) is 0 Å². The van der Waals surface area contributed by atoms with Crippen molar-refractivity contribution in [3.8, 4) is 0 Å². The molecule has 0 spiro atoms. The van der Waals surface area contributed by atoms with Crippen molar-refractivity contribution in [1.29, 1.82) is 0 Å². The zero-order valence-corrected chi connectivity index (χ0v) is 20.6. The first-order valence-electron chi connectivity index (χ1n) is 11.2. The van der Waals surface area contributed by atoms with Crippen LogP contribution in [0.1, 0.15) is 30.5 Å². The minimum Gasteiger partial charge on any atom is -0.323 e. The van der Waals surface area contributed by atoms with E-state index in [2.05, 4.69) is 5.32 Å². The Kier molecular flexibility index (Phi) is 5.74. The van der Waals surface area contributed by atoms with Gasteiger partial charge in [0.1, 0.15) is 17.2 Å². The number of rotatable bonds is 6. The summed E-state index contributed by atoms with van der Waals surface area (Å²) in [5.74, 6) is -1.43. The molecular weight excluding hydrogens is 467 g/mol. The van der Waals surface area contributed by atoms with Gasteiger partial charge in [-0.1, -0.05) is 91.0 Å². The average molecular weight is 495 g/mol. The van der Waals surface area contributed by atoms with Crippen molar-refractivity contribution in [2.75, 3.05) is 0 Å². The summed E-state index contributed by atoms with van der Waals surface area (Å²) in [7, 11) is -4.51. The largest absolute Gasteiger partial charge is 0.349 e. The molecule has 2 aliphatic rings. The minimum atomic E-state index is -4.51. The molecule has 8 heteroatoms. The normalized spacial score (nSPS) is 23.9. The number of benzene rings is 3. The first-order chi connectivity index (χ1) is 16.2. The van der Waals surface area contributed by atoms with E-state index < -0.39 is 29.7 Å². The van der Waals surface area contributed by atoms with E-state index in [9.17, 15) is 19.1 Å². The SMILES string of the molecule is CC1(C)S[C@@H]2C(NC(c3ccccc3)(c3ccccc3)c3ccccc3)C(=O)N2C1P(=O)(O)O. The Bertz CT molecular complexity index is 1140. The van der Waals surface area contributed by atoms with Crippen LogP contribution in [0.2, 0.25) is 0 Å². The van der Waals surface area contributed by atoms with Gasteiger partial charge in [-0.05, 0) is 30.5 Å². The molecule has 6 nitrogen and oxygen atoms in total. The summed E-state index contributed by atoms with van der Waals surface area (Å²) in [6.45, 7) is 3.59. The third-order valence-electron chi connectivity index (χ3n) is 6.70. The Morgan fingerprint density at radius 3 is 1.65 bits per heavy atom. The Balaban J connectivity index is 1.64. The summed E-state index contributed by atoms with van der Waals surface area (Å²) in [6.07, 6.45) is 0. The number of hydrogen-bond acceptors (Lipinski definition) is 4. The quantitative estimate of drug-likeness (QED) is 0.271. The van der Waals surface area contributed by atoms with E-state index in [0.29, 0.717) is 0 Å². The number of β-lactam (4-membered cyclic amide) rings is 1. The molecule has 2 saturated heterocycles. The highest BCUT2D eigenvalue weighted by Gasteiger charge is 2.67. The van der Waals surface area contributed by atoms with Crippen LogP contribution in [-0.4, -0.2) is 42.5 Å². The van der Waals surface area contributed by atoms with Crippen LogP contribution in [0.5, 0.6) is 0 Å². The van der Waals surface area contributed by atoms with Gasteiger partial charge in [-0.3, -0.25) is 14.7 Å². The van der Waals surface area contributed by atoms with Crippen molar-refractivity contribution in [3.05, 3.63) is 108 Å². The molecule has 0 aliphatic carbocycles. The highest BCUT2D eigenvalue weighted by Crippen LogP contribution is 2.62. The van der Waals surface area contributed by atoms with E-state index in [-0.39, 0.29) is 11.3 Å². The van der Waals surface area contributed by atoms with E-state index in [1.807, 2.05) is 91.0 Å². The van der Waals surface area contributed by atoms with Gasteiger partial charge in [0.2, 0.25) is 5.91 Å². The Morgan fingerprint density at radius 1 is 0.853 bits per heavy atom. The van der Waals surface area contributed by atoms with Crippen molar-refractivity contribution in [2.45, 2.75) is 41.3 Å². The lowest BCUT2D eigenvalue weighted by atomic mass is 9.76. The first kappa shape index (κ1) is 23.3. The van der Waals surface area contributed by atoms with Gasteiger partial charge < -0.3 is 14.7 Å². The number of nitrogens with one attached hydrogen (secondary N) is 1. The Hall–Kier alpha value is -2.41. The van der Waals surface area contributed by atoms with Crippen LogP contribution in [0, 0.1) is 0 Å². The van der Waals surface area contributed by atoms with Gasteiger partial charge in [0.15, 0.2) is 0 Å². The van der Waals surface area contributed by atoms with E-state index >= 15 is 0 Å². The molecule has 3 N–H and O–H groups in total. The van der Waals surface area contributed by atoms with Gasteiger partial charge in [0.05, 0.1) is 5.54 Å². The molecule has 0 aromatic heterocycles. The zero-order valence-electron chi connectivity index (χ0n) is 18.9. The zero-order chi connectivity index (χ0) is 24.1. The molecule has 1 amide bonds. The molecule has 0 bridgehead atoms. The minimum absolute atomic E-state index is 0.288. The van der Waals surface area contributed by atoms with Gasteiger partial charge >= 0.3 is 7.60 Å². The third kappa shape index (κ3) is 3.63. The Labute approximate surface area is 203 Å². The van der Waals surface area contributed by atoms with Gasteiger partial charge in [0.25, 0.3) is 0 Å². The summed E-state index contributed by atoms with van der Waals surface area (Å²) in [5, 5.41) is 3.30. The van der Waals surface area contributed by atoms with E-state index in [0.717, 1.165) is 16.7 Å². The Morgan fingerprint density at radius 2 is 1.26 bits per heavy atom. The molecule has 2 heterocycles. The van der Waals surface area contributed by atoms with E-state index in [1.165, 1.54) is 16.7 Å². The molecular formula is C26H27N2O4PS. The predicted molar refractivity (Wildman–Crippen MR) is 134 cm³/mol. The first-order valence-corrected chi connectivity index (χ1v) is 13.7. The summed E-state index contributed by atoms with van der Waals surface area (Å²) in [4.78, 5) is 34.9. The molecule has 3 aromatic carbocycles. The van der Waals surface area contributed by atoms with Crippen molar-refractivity contribution >= 4 is 25.3 Å². The fourth-order valence-corrected chi connectivity index (χ4v) is 8.92. The molecule has 0 saturated carbocycles. The van der Waals surface area contributed by atoms with Crippen LogP contribution in [-0.2, 0) is 14.9 Å². The monoisotopic (exact) mass is 494 g/mol. The molecule has 3 atom stereocenters.